The molecule has 5 heterocycles. The normalized spacial score (nSPS) is 11.5. The molecule has 0 bridgehead atoms. The highest BCUT2D eigenvalue weighted by Crippen LogP contribution is 2.44. The van der Waals surface area contributed by atoms with E-state index in [1.54, 1.807) is 0 Å². The van der Waals surface area contributed by atoms with E-state index in [4.69, 9.17) is 24.9 Å². The lowest BCUT2D eigenvalue weighted by atomic mass is 10.1. The summed E-state index contributed by atoms with van der Waals surface area (Å²) in [6.45, 7) is 0. The number of hydrogen-bond acceptors (Lipinski definition) is 6. The molecule has 0 unspecified atom stereocenters. The van der Waals surface area contributed by atoms with Crippen molar-refractivity contribution in [2.75, 3.05) is 0 Å². The quantitative estimate of drug-likeness (QED) is 0.150. The fourth-order valence-corrected chi connectivity index (χ4v) is 9.49. The van der Waals surface area contributed by atoms with Gasteiger partial charge in [0, 0.05) is 22.3 Å². The Morgan fingerprint density at radius 2 is 0.559 bits per heavy atom. The largest absolute Gasteiger partial charge is 0.289 e. The van der Waals surface area contributed by atoms with Crippen molar-refractivity contribution in [3.8, 4) is 74.6 Å². The summed E-state index contributed by atoms with van der Waals surface area (Å²) in [5.41, 5.74) is 11.3. The standard InChI is InChI=1S/C58H36N10/c59-37-42-51(65-47-33-17-13-29-43(47)60-53(65)38-21-5-1-6-22-38)52(66-48-34-18-14-30-44(48)61-54(66)39-23-7-2-8-24-39)58(68-50-36-20-16-32-46(50)63-56(68)41-27-11-4-12-28-41)64-57(42)67-49-35-19-15-31-45(49)62-55(67)40-25-9-3-10-26-40/h1-36H. The molecule has 0 aliphatic carbocycles. The number of imidazole rings is 4. The fraction of sp³-hybridized carbons (Fsp3) is 0. The summed E-state index contributed by atoms with van der Waals surface area (Å²) in [4.78, 5) is 27.3. The van der Waals surface area contributed by atoms with Gasteiger partial charge in [-0.1, -0.05) is 170 Å². The summed E-state index contributed by atoms with van der Waals surface area (Å²) in [5.74, 6) is 3.52. The Morgan fingerprint density at radius 1 is 0.279 bits per heavy atom. The highest BCUT2D eigenvalue weighted by atomic mass is 15.3. The molecule has 0 N–H and O–H groups in total. The first-order chi connectivity index (χ1) is 33.7. The molecule has 5 aromatic heterocycles. The van der Waals surface area contributed by atoms with Crippen molar-refractivity contribution >= 4 is 44.1 Å². The summed E-state index contributed by atoms with van der Waals surface area (Å²) in [6.07, 6.45) is 0. The molecule has 0 fully saturated rings. The van der Waals surface area contributed by atoms with Gasteiger partial charge in [-0.25, -0.2) is 24.9 Å². The summed E-state index contributed by atoms with van der Waals surface area (Å²) in [6, 6.07) is 75.7. The topological polar surface area (TPSA) is 108 Å². The van der Waals surface area contributed by atoms with Crippen molar-refractivity contribution in [1.29, 1.82) is 5.26 Å². The van der Waals surface area contributed by atoms with Crippen LogP contribution in [0.25, 0.3) is 113 Å². The first kappa shape index (κ1) is 38.7. The first-order valence-electron chi connectivity index (χ1n) is 22.3. The van der Waals surface area contributed by atoms with Crippen molar-refractivity contribution < 1.29 is 0 Å². The number of benzene rings is 8. The van der Waals surface area contributed by atoms with Gasteiger partial charge in [0.15, 0.2) is 11.6 Å². The third-order valence-corrected chi connectivity index (χ3v) is 12.5. The number of nitrogens with zero attached hydrogens (tertiary/aromatic N) is 10. The van der Waals surface area contributed by atoms with Gasteiger partial charge in [-0.3, -0.25) is 18.3 Å². The van der Waals surface area contributed by atoms with Gasteiger partial charge >= 0.3 is 0 Å². The zero-order chi connectivity index (χ0) is 45.1. The second-order valence-electron chi connectivity index (χ2n) is 16.4. The smallest absolute Gasteiger partial charge is 0.168 e. The maximum atomic E-state index is 12.2. The van der Waals surface area contributed by atoms with Crippen molar-refractivity contribution in [3.63, 3.8) is 0 Å². The molecule has 13 rings (SSSR count). The van der Waals surface area contributed by atoms with Crippen LogP contribution < -0.4 is 0 Å². The highest BCUT2D eigenvalue weighted by molar-refractivity contribution is 5.94. The third kappa shape index (κ3) is 6.07. The minimum Gasteiger partial charge on any atom is -0.289 e. The van der Waals surface area contributed by atoms with Crippen molar-refractivity contribution in [1.82, 2.24) is 43.2 Å². The van der Waals surface area contributed by atoms with Crippen LogP contribution in [0.5, 0.6) is 0 Å². The monoisotopic (exact) mass is 872 g/mol. The Labute approximate surface area is 389 Å². The molecule has 68 heavy (non-hydrogen) atoms. The van der Waals surface area contributed by atoms with Gasteiger partial charge in [-0.15, -0.1) is 0 Å². The number of aromatic nitrogens is 9. The van der Waals surface area contributed by atoms with Crippen molar-refractivity contribution in [3.05, 3.63) is 224 Å². The van der Waals surface area contributed by atoms with E-state index in [9.17, 15) is 5.26 Å². The Balaban J connectivity index is 1.33. The molecule has 10 nitrogen and oxygen atoms in total. The van der Waals surface area contributed by atoms with Crippen molar-refractivity contribution in [2.45, 2.75) is 0 Å². The number of rotatable bonds is 8. The van der Waals surface area contributed by atoms with Crippen LogP contribution in [0.4, 0.5) is 0 Å². The number of nitriles is 1. The van der Waals surface area contributed by atoms with Crippen LogP contribution >= 0.6 is 0 Å². The van der Waals surface area contributed by atoms with Gasteiger partial charge in [-0.05, 0) is 48.5 Å². The molecule has 0 saturated carbocycles. The molecule has 0 saturated heterocycles. The van der Waals surface area contributed by atoms with Crippen LogP contribution in [0.15, 0.2) is 218 Å². The van der Waals surface area contributed by atoms with Crippen LogP contribution in [0.2, 0.25) is 0 Å². The molecule has 318 valence electrons. The lowest BCUT2D eigenvalue weighted by molar-refractivity contribution is 0.915. The van der Waals surface area contributed by atoms with Crippen LogP contribution in [0, 0.1) is 11.3 Å². The lowest BCUT2D eigenvalue weighted by Crippen LogP contribution is -2.18. The highest BCUT2D eigenvalue weighted by Gasteiger charge is 2.34. The second-order valence-corrected chi connectivity index (χ2v) is 16.4. The molecule has 10 heteroatoms. The number of hydrogen-bond donors (Lipinski definition) is 0. The zero-order valence-corrected chi connectivity index (χ0v) is 36.3. The first-order valence-corrected chi connectivity index (χ1v) is 22.3. The van der Waals surface area contributed by atoms with Gasteiger partial charge in [0.05, 0.1) is 49.8 Å². The molecular weight excluding hydrogens is 837 g/mol. The number of pyridine rings is 1. The van der Waals surface area contributed by atoms with Gasteiger partial charge in [-0.2, -0.15) is 5.26 Å². The Morgan fingerprint density at radius 3 is 0.912 bits per heavy atom. The molecule has 0 atom stereocenters. The van der Waals surface area contributed by atoms with E-state index >= 15 is 0 Å². The minimum atomic E-state index is 0.298. The van der Waals surface area contributed by atoms with Gasteiger partial charge < -0.3 is 0 Å². The molecular formula is C58H36N10. The molecule has 0 amide bonds. The van der Waals surface area contributed by atoms with E-state index in [1.807, 2.05) is 168 Å². The molecule has 13 aromatic rings. The molecule has 0 radical (unpaired) electrons. The Kier molecular flexibility index (Phi) is 8.97. The predicted octanol–water partition coefficient (Wildman–Crippen LogP) is 13.0. The zero-order valence-electron chi connectivity index (χ0n) is 36.3. The van der Waals surface area contributed by atoms with Gasteiger partial charge in [0.1, 0.15) is 40.6 Å². The summed E-state index contributed by atoms with van der Waals surface area (Å²) >= 11 is 0. The van der Waals surface area contributed by atoms with Gasteiger partial charge in [0.25, 0.3) is 0 Å². The van der Waals surface area contributed by atoms with Crippen LogP contribution in [-0.4, -0.2) is 43.2 Å². The van der Waals surface area contributed by atoms with Crippen LogP contribution in [-0.2, 0) is 0 Å². The predicted molar refractivity (Wildman–Crippen MR) is 269 cm³/mol. The maximum absolute atomic E-state index is 12.2. The Hall–Kier alpha value is -9.72. The van der Waals surface area contributed by atoms with E-state index < -0.39 is 0 Å². The Bertz CT molecular complexity index is 4080. The summed E-state index contributed by atoms with van der Waals surface area (Å²) < 4.78 is 8.48. The van der Waals surface area contributed by atoms with Gasteiger partial charge in [0.2, 0.25) is 0 Å². The van der Waals surface area contributed by atoms with Crippen LogP contribution in [0.3, 0.4) is 0 Å². The summed E-state index contributed by atoms with van der Waals surface area (Å²) in [7, 11) is 0. The SMILES string of the molecule is N#Cc1c(-n2c(-c3ccccc3)nc3ccccc32)nc(-n2c(-c3ccccc3)nc3ccccc32)c(-n2c(-c3ccccc3)nc3ccccc32)c1-n1c(-c2ccccc2)nc2ccccc21. The van der Waals surface area contributed by atoms with E-state index in [-0.39, 0.29) is 0 Å². The molecule has 0 aliphatic rings. The van der Waals surface area contributed by atoms with E-state index in [0.717, 1.165) is 66.4 Å². The number of fused-ring (bicyclic) bond motifs is 4. The van der Waals surface area contributed by atoms with Crippen molar-refractivity contribution in [2.24, 2.45) is 0 Å². The molecule has 0 aliphatic heterocycles. The van der Waals surface area contributed by atoms with E-state index in [2.05, 4.69) is 74.4 Å². The van der Waals surface area contributed by atoms with E-state index in [1.165, 1.54) is 0 Å². The lowest BCUT2D eigenvalue weighted by Gasteiger charge is -2.25. The minimum absolute atomic E-state index is 0.298. The number of para-hydroxylation sites is 8. The molecule has 0 spiro atoms. The van der Waals surface area contributed by atoms with Crippen LogP contribution in [0.1, 0.15) is 5.56 Å². The maximum Gasteiger partial charge on any atom is 0.168 e. The fourth-order valence-electron chi connectivity index (χ4n) is 9.49. The average Bonchev–Trinajstić information content (AvgIpc) is 4.20. The third-order valence-electron chi connectivity index (χ3n) is 12.5. The molecule has 8 aromatic carbocycles. The average molecular weight is 873 g/mol. The second kappa shape index (κ2) is 15.8. The van der Waals surface area contributed by atoms with E-state index in [0.29, 0.717) is 51.9 Å². The summed E-state index contributed by atoms with van der Waals surface area (Å²) in [5, 5.41) is 12.2.